The predicted octanol–water partition coefficient (Wildman–Crippen LogP) is 3.54. The number of ether oxygens (including phenoxy) is 2. The van der Waals surface area contributed by atoms with Crippen LogP contribution >= 0.6 is 0 Å². The molecule has 2 saturated heterocycles. The van der Waals surface area contributed by atoms with E-state index in [9.17, 15) is 9.59 Å². The zero-order chi connectivity index (χ0) is 21.8. The number of aromatic nitrogens is 1. The molecule has 4 rings (SSSR count). The number of amides is 1. The number of carbonyl (C=O) groups excluding carboxylic acids is 2. The maximum Gasteiger partial charge on any atom is 0.314 e. The Hall–Kier alpha value is -2.67. The van der Waals surface area contributed by atoms with Crippen LogP contribution in [0.5, 0.6) is 0 Å². The summed E-state index contributed by atoms with van der Waals surface area (Å²) >= 11 is 0. The van der Waals surface area contributed by atoms with Crippen LogP contribution in [0.2, 0.25) is 0 Å². The van der Waals surface area contributed by atoms with Gasteiger partial charge >= 0.3 is 5.97 Å². The minimum Gasteiger partial charge on any atom is -0.466 e. The minimum atomic E-state index is -0.841. The number of likely N-dealkylation sites (tertiary alicyclic amines) is 1. The van der Waals surface area contributed by atoms with Gasteiger partial charge in [-0.2, -0.15) is 0 Å². The summed E-state index contributed by atoms with van der Waals surface area (Å²) < 4.78 is 16.6. The highest BCUT2D eigenvalue weighted by Crippen LogP contribution is 2.37. The zero-order valence-electron chi connectivity index (χ0n) is 18.3. The quantitative estimate of drug-likeness (QED) is 0.657. The van der Waals surface area contributed by atoms with Gasteiger partial charge in [-0.25, -0.2) is 0 Å². The summed E-state index contributed by atoms with van der Waals surface area (Å²) in [5.74, 6) is 0.312. The molecular formula is C24H30N2O5. The first kappa shape index (κ1) is 21.6. The van der Waals surface area contributed by atoms with E-state index in [4.69, 9.17) is 14.0 Å². The molecule has 166 valence electrons. The third-order valence-electron chi connectivity index (χ3n) is 6.22. The van der Waals surface area contributed by atoms with Gasteiger partial charge in [0.1, 0.15) is 17.6 Å². The molecule has 0 bridgehead atoms. The maximum atomic E-state index is 13.1. The van der Waals surface area contributed by atoms with E-state index >= 15 is 0 Å². The Balaban J connectivity index is 1.55. The molecule has 0 spiro atoms. The Labute approximate surface area is 182 Å². The van der Waals surface area contributed by atoms with Crippen molar-refractivity contribution in [1.29, 1.82) is 0 Å². The van der Waals surface area contributed by atoms with Crippen LogP contribution in [0.4, 0.5) is 0 Å². The normalized spacial score (nSPS) is 23.7. The molecule has 2 atom stereocenters. The van der Waals surface area contributed by atoms with Crippen molar-refractivity contribution in [3.63, 3.8) is 0 Å². The van der Waals surface area contributed by atoms with E-state index in [0.717, 1.165) is 30.5 Å². The Morgan fingerprint density at radius 2 is 2.06 bits per heavy atom. The van der Waals surface area contributed by atoms with Crippen molar-refractivity contribution < 1.29 is 23.6 Å². The lowest BCUT2D eigenvalue weighted by atomic mass is 9.76. The molecule has 1 amide bonds. The number of esters is 1. The topological polar surface area (TPSA) is 81.9 Å². The van der Waals surface area contributed by atoms with E-state index in [-0.39, 0.29) is 11.9 Å². The minimum absolute atomic E-state index is 0.0243. The molecule has 0 unspecified atom stereocenters. The summed E-state index contributed by atoms with van der Waals surface area (Å²) in [6, 6.07) is 9.94. The molecule has 2 aromatic rings. The second-order valence-corrected chi connectivity index (χ2v) is 8.59. The third kappa shape index (κ3) is 4.66. The largest absolute Gasteiger partial charge is 0.466 e. The van der Waals surface area contributed by atoms with Gasteiger partial charge in [-0.15, -0.1) is 0 Å². The van der Waals surface area contributed by atoms with E-state index < -0.39 is 11.5 Å². The molecule has 7 nitrogen and oxygen atoms in total. The van der Waals surface area contributed by atoms with Gasteiger partial charge in [0.15, 0.2) is 0 Å². The number of hydrogen-bond acceptors (Lipinski definition) is 6. The standard InChI is InChI=1S/C24H30N2O5/c1-3-29-23(28)24(11-5-12-26(16-24)22(27)21-6-4-13-30-21)15-19-14-20(25-31-19)18-9-7-17(2)8-10-18/h7-10,14,21H,3-6,11-13,15-16H2,1-2H3/t21-,24+/m1/s1. The van der Waals surface area contributed by atoms with Gasteiger partial charge in [0.25, 0.3) is 5.91 Å². The average molecular weight is 427 g/mol. The van der Waals surface area contributed by atoms with Gasteiger partial charge in [0, 0.05) is 37.7 Å². The number of hydrogen-bond donors (Lipinski definition) is 0. The van der Waals surface area contributed by atoms with Crippen LogP contribution in [-0.2, 0) is 25.5 Å². The summed E-state index contributed by atoms with van der Waals surface area (Å²) in [6.45, 7) is 5.69. The Kier molecular flexibility index (Phi) is 6.41. The van der Waals surface area contributed by atoms with Crippen LogP contribution in [0.3, 0.4) is 0 Å². The van der Waals surface area contributed by atoms with Crippen LogP contribution in [0.15, 0.2) is 34.9 Å². The van der Waals surface area contributed by atoms with Gasteiger partial charge in [-0.05, 0) is 39.5 Å². The summed E-state index contributed by atoms with van der Waals surface area (Å²) in [4.78, 5) is 27.8. The van der Waals surface area contributed by atoms with E-state index in [1.54, 1.807) is 11.8 Å². The van der Waals surface area contributed by atoms with Crippen molar-refractivity contribution in [2.75, 3.05) is 26.3 Å². The van der Waals surface area contributed by atoms with Crippen molar-refractivity contribution in [2.24, 2.45) is 5.41 Å². The predicted molar refractivity (Wildman–Crippen MR) is 114 cm³/mol. The fourth-order valence-corrected chi connectivity index (χ4v) is 4.55. The van der Waals surface area contributed by atoms with Crippen molar-refractivity contribution >= 4 is 11.9 Å². The van der Waals surface area contributed by atoms with Crippen molar-refractivity contribution in [1.82, 2.24) is 10.1 Å². The molecule has 31 heavy (non-hydrogen) atoms. The van der Waals surface area contributed by atoms with Crippen LogP contribution in [0.25, 0.3) is 11.3 Å². The SMILES string of the molecule is CCOC(=O)[C@]1(Cc2cc(-c3ccc(C)cc3)no2)CCCN(C(=O)[C@H]2CCCO2)C1. The van der Waals surface area contributed by atoms with Gasteiger partial charge in [0.05, 0.1) is 12.0 Å². The molecule has 2 fully saturated rings. The van der Waals surface area contributed by atoms with Crippen LogP contribution in [-0.4, -0.2) is 54.3 Å². The summed E-state index contributed by atoms with van der Waals surface area (Å²) in [5.41, 5.74) is 2.03. The first-order valence-electron chi connectivity index (χ1n) is 11.1. The van der Waals surface area contributed by atoms with Gasteiger partial charge in [-0.3, -0.25) is 9.59 Å². The highest BCUT2D eigenvalue weighted by Gasteiger charge is 2.46. The monoisotopic (exact) mass is 426 g/mol. The lowest BCUT2D eigenvalue weighted by Gasteiger charge is -2.41. The molecule has 3 heterocycles. The molecule has 2 aliphatic rings. The second kappa shape index (κ2) is 9.22. The zero-order valence-corrected chi connectivity index (χ0v) is 18.3. The molecular weight excluding hydrogens is 396 g/mol. The smallest absolute Gasteiger partial charge is 0.314 e. The van der Waals surface area contributed by atoms with Crippen molar-refractivity contribution in [2.45, 2.75) is 52.1 Å². The van der Waals surface area contributed by atoms with E-state index in [1.807, 2.05) is 37.3 Å². The number of nitrogens with zero attached hydrogens (tertiary/aromatic N) is 2. The van der Waals surface area contributed by atoms with E-state index in [1.165, 1.54) is 5.56 Å². The molecule has 1 aromatic carbocycles. The third-order valence-corrected chi connectivity index (χ3v) is 6.22. The number of carbonyl (C=O) groups is 2. The molecule has 0 aliphatic carbocycles. The van der Waals surface area contributed by atoms with Crippen molar-refractivity contribution in [3.05, 3.63) is 41.7 Å². The molecule has 0 saturated carbocycles. The first-order valence-corrected chi connectivity index (χ1v) is 11.1. The van der Waals surface area contributed by atoms with Crippen molar-refractivity contribution in [3.8, 4) is 11.3 Å². The van der Waals surface area contributed by atoms with Crippen LogP contribution < -0.4 is 0 Å². The Bertz CT molecular complexity index is 916. The maximum absolute atomic E-state index is 13.1. The molecule has 0 radical (unpaired) electrons. The molecule has 1 aromatic heterocycles. The summed E-state index contributed by atoms with van der Waals surface area (Å²) in [7, 11) is 0. The van der Waals surface area contributed by atoms with Gasteiger partial charge in [-0.1, -0.05) is 35.0 Å². The average Bonchev–Trinajstić information content (AvgIpc) is 3.47. The first-order chi connectivity index (χ1) is 15.0. The second-order valence-electron chi connectivity index (χ2n) is 8.59. The fourth-order valence-electron chi connectivity index (χ4n) is 4.55. The molecule has 2 aliphatic heterocycles. The number of aryl methyl sites for hydroxylation is 1. The van der Waals surface area contributed by atoms with Gasteiger partial charge < -0.3 is 18.9 Å². The van der Waals surface area contributed by atoms with Crippen LogP contribution in [0.1, 0.15) is 43.9 Å². The highest BCUT2D eigenvalue weighted by molar-refractivity contribution is 5.83. The van der Waals surface area contributed by atoms with E-state index in [0.29, 0.717) is 44.9 Å². The number of piperidine rings is 1. The summed E-state index contributed by atoms with van der Waals surface area (Å²) in [5, 5.41) is 4.21. The summed E-state index contributed by atoms with van der Waals surface area (Å²) in [6.07, 6.45) is 2.96. The van der Waals surface area contributed by atoms with E-state index in [2.05, 4.69) is 5.16 Å². The molecule has 0 N–H and O–H groups in total. The van der Waals surface area contributed by atoms with Crippen LogP contribution in [0, 0.1) is 12.3 Å². The number of rotatable bonds is 6. The lowest BCUT2D eigenvalue weighted by Crippen LogP contribution is -2.53. The fraction of sp³-hybridized carbons (Fsp3) is 0.542. The molecule has 7 heteroatoms. The highest BCUT2D eigenvalue weighted by atomic mass is 16.5. The number of benzene rings is 1. The Morgan fingerprint density at radius 3 is 2.77 bits per heavy atom. The Morgan fingerprint density at radius 1 is 1.26 bits per heavy atom. The van der Waals surface area contributed by atoms with Gasteiger partial charge in [0.2, 0.25) is 0 Å². The lowest BCUT2D eigenvalue weighted by molar-refractivity contribution is -0.162.